The summed E-state index contributed by atoms with van der Waals surface area (Å²) in [5.74, 6) is 1.33. The molecule has 0 spiro atoms. The largest absolute Gasteiger partial charge is 0.206 e. The molecule has 2 aliphatic rings. The lowest BCUT2D eigenvalue weighted by Gasteiger charge is -2.38. The van der Waals surface area contributed by atoms with Crippen LogP contribution >= 0.6 is 0 Å². The first-order chi connectivity index (χ1) is 23.5. The molecule has 0 nitrogen and oxygen atoms in total. The van der Waals surface area contributed by atoms with Gasteiger partial charge in [0.1, 0.15) is 5.82 Å². The lowest BCUT2D eigenvalue weighted by atomic mass is 9.68. The van der Waals surface area contributed by atoms with Crippen LogP contribution in [0.5, 0.6) is 0 Å². The van der Waals surface area contributed by atoms with Crippen molar-refractivity contribution in [2.45, 2.75) is 142 Å². The van der Waals surface area contributed by atoms with Crippen LogP contribution in [-0.2, 0) is 6.42 Å². The van der Waals surface area contributed by atoms with Gasteiger partial charge in [0, 0.05) is 11.1 Å². The van der Waals surface area contributed by atoms with Gasteiger partial charge < -0.3 is 0 Å². The van der Waals surface area contributed by atoms with Crippen molar-refractivity contribution in [1.29, 1.82) is 0 Å². The summed E-state index contributed by atoms with van der Waals surface area (Å²) in [7, 11) is 0. The number of unbranched alkanes of at least 4 members (excludes halogenated alkanes) is 7. The lowest BCUT2D eigenvalue weighted by molar-refractivity contribution is 0.157. The Morgan fingerprint density at radius 1 is 0.625 bits per heavy atom. The molecule has 0 atom stereocenters. The van der Waals surface area contributed by atoms with Crippen LogP contribution in [0.25, 0.3) is 22.3 Å². The highest BCUT2D eigenvalue weighted by Crippen LogP contribution is 2.45. The normalized spacial score (nSPS) is 21.6. The summed E-state index contributed by atoms with van der Waals surface area (Å²) < 4.78 is 45.7. The van der Waals surface area contributed by atoms with Crippen LogP contribution in [0.15, 0.2) is 66.7 Å². The lowest BCUT2D eigenvalue weighted by Crippen LogP contribution is -2.25. The first-order valence-electron chi connectivity index (χ1n) is 19.5. The highest BCUT2D eigenvalue weighted by Gasteiger charge is 2.31. The van der Waals surface area contributed by atoms with Gasteiger partial charge in [0.05, 0.1) is 0 Å². The van der Waals surface area contributed by atoms with Gasteiger partial charge in [-0.25, -0.2) is 13.2 Å². The number of benzene rings is 3. The summed E-state index contributed by atoms with van der Waals surface area (Å²) in [4.78, 5) is 0. The van der Waals surface area contributed by atoms with E-state index in [9.17, 15) is 0 Å². The van der Waals surface area contributed by atoms with E-state index in [4.69, 9.17) is 0 Å². The Labute approximate surface area is 289 Å². The molecule has 2 fully saturated rings. The molecule has 0 radical (unpaired) electrons. The molecule has 260 valence electrons. The molecule has 0 aromatic heterocycles. The minimum absolute atomic E-state index is 0.207. The minimum atomic E-state index is -0.794. The zero-order chi connectivity index (χ0) is 33.7. The number of hydrogen-bond donors (Lipinski definition) is 0. The summed E-state index contributed by atoms with van der Waals surface area (Å²) in [6.45, 7) is 4.33. The van der Waals surface area contributed by atoms with Crippen LogP contribution in [-0.4, -0.2) is 0 Å². The van der Waals surface area contributed by atoms with Crippen LogP contribution in [0, 0.1) is 35.2 Å². The van der Waals surface area contributed by atoms with E-state index in [2.05, 4.69) is 32.1 Å². The van der Waals surface area contributed by atoms with Gasteiger partial charge >= 0.3 is 0 Å². The predicted molar refractivity (Wildman–Crippen MR) is 198 cm³/mol. The Balaban J connectivity index is 1.11. The molecule has 0 aliphatic heterocycles. The van der Waals surface area contributed by atoms with Crippen LogP contribution in [0.2, 0.25) is 0 Å². The van der Waals surface area contributed by atoms with Gasteiger partial charge in [0.15, 0.2) is 11.6 Å². The summed E-state index contributed by atoms with van der Waals surface area (Å²) in [5, 5.41) is 0. The Morgan fingerprint density at radius 3 is 1.83 bits per heavy atom. The quantitative estimate of drug-likeness (QED) is 0.106. The van der Waals surface area contributed by atoms with E-state index in [0.29, 0.717) is 29.0 Å². The van der Waals surface area contributed by atoms with Gasteiger partial charge in [-0.1, -0.05) is 125 Å². The molecule has 0 saturated heterocycles. The zero-order valence-electron chi connectivity index (χ0n) is 29.7. The molecule has 3 aromatic carbocycles. The summed E-state index contributed by atoms with van der Waals surface area (Å²) in [6, 6.07) is 16.4. The zero-order valence-corrected chi connectivity index (χ0v) is 29.7. The molecule has 0 heterocycles. The average Bonchev–Trinajstić information content (AvgIpc) is 3.12. The Kier molecular flexibility index (Phi) is 14.3. The van der Waals surface area contributed by atoms with Crippen LogP contribution < -0.4 is 0 Å². The van der Waals surface area contributed by atoms with Crippen molar-refractivity contribution in [2.24, 2.45) is 17.8 Å². The van der Waals surface area contributed by atoms with Crippen LogP contribution in [0.3, 0.4) is 0 Å². The molecule has 0 unspecified atom stereocenters. The highest BCUT2D eigenvalue weighted by molar-refractivity contribution is 5.71. The number of rotatable bonds is 16. The van der Waals surface area contributed by atoms with Gasteiger partial charge in [-0.3, -0.25) is 0 Å². The molecule has 0 N–H and O–H groups in total. The molecule has 5 rings (SSSR count). The maximum absolute atomic E-state index is 15.5. The number of allylic oxidation sites excluding steroid dienone is 2. The van der Waals surface area contributed by atoms with Crippen molar-refractivity contribution in [2.75, 3.05) is 0 Å². The fraction of sp³-hybridized carbons (Fsp3) is 0.556. The van der Waals surface area contributed by atoms with Crippen molar-refractivity contribution in [1.82, 2.24) is 0 Å². The Bertz CT molecular complexity index is 1420. The van der Waals surface area contributed by atoms with Crippen molar-refractivity contribution in [3.05, 3.63) is 95.3 Å². The first kappa shape index (κ1) is 36.5. The standard InChI is InChI=1S/C45H59F3/c1-3-5-7-8-9-10-11-13-15-39-28-31-42(45(48)44(39)47)38-26-24-37(25-27-38)41-30-29-40(32-43(41)46)36-22-20-35(21-23-36)34-18-16-33(17-19-34)14-12-6-4-2/h4,6,24-36H,3,5,7-23H2,1-2H3. The van der Waals surface area contributed by atoms with Crippen molar-refractivity contribution >= 4 is 0 Å². The first-order valence-corrected chi connectivity index (χ1v) is 19.5. The Morgan fingerprint density at radius 2 is 1.21 bits per heavy atom. The fourth-order valence-electron chi connectivity index (χ4n) is 8.67. The second-order valence-corrected chi connectivity index (χ2v) is 15.0. The van der Waals surface area contributed by atoms with Crippen molar-refractivity contribution in [3.8, 4) is 22.3 Å². The van der Waals surface area contributed by atoms with E-state index in [1.807, 2.05) is 18.2 Å². The molecule has 2 aliphatic carbocycles. The van der Waals surface area contributed by atoms with E-state index in [-0.39, 0.29) is 11.4 Å². The minimum Gasteiger partial charge on any atom is -0.206 e. The van der Waals surface area contributed by atoms with Crippen molar-refractivity contribution < 1.29 is 13.2 Å². The third kappa shape index (κ3) is 9.88. The molecule has 3 aromatic rings. The second kappa shape index (κ2) is 18.8. The smallest absolute Gasteiger partial charge is 0.166 e. The van der Waals surface area contributed by atoms with Crippen LogP contribution in [0.1, 0.15) is 146 Å². The van der Waals surface area contributed by atoms with E-state index >= 15 is 13.2 Å². The van der Waals surface area contributed by atoms with Gasteiger partial charge in [-0.05, 0) is 123 Å². The maximum Gasteiger partial charge on any atom is 0.166 e. The average molecular weight is 657 g/mol. The van der Waals surface area contributed by atoms with Gasteiger partial charge in [0.25, 0.3) is 0 Å². The molecular weight excluding hydrogens is 597 g/mol. The Hall–Kier alpha value is -2.81. The van der Waals surface area contributed by atoms with Crippen LogP contribution in [0.4, 0.5) is 13.2 Å². The number of aryl methyl sites for hydroxylation is 1. The summed E-state index contributed by atoms with van der Waals surface area (Å²) >= 11 is 0. The third-order valence-corrected chi connectivity index (χ3v) is 11.7. The fourth-order valence-corrected chi connectivity index (χ4v) is 8.67. The van der Waals surface area contributed by atoms with Gasteiger partial charge in [-0.15, -0.1) is 0 Å². The van der Waals surface area contributed by atoms with Gasteiger partial charge in [0.2, 0.25) is 0 Å². The second-order valence-electron chi connectivity index (χ2n) is 15.0. The predicted octanol–water partition coefficient (Wildman–Crippen LogP) is 14.6. The SMILES string of the molecule is CC=CCCC1CCC(C2CCC(c3ccc(-c4ccc(-c5ccc(CCCCCCCCCC)c(F)c5F)cc4)c(F)c3)CC2)CC1. The molecule has 3 heteroatoms. The van der Waals surface area contributed by atoms with E-state index in [0.717, 1.165) is 61.0 Å². The van der Waals surface area contributed by atoms with E-state index in [1.54, 1.807) is 30.3 Å². The topological polar surface area (TPSA) is 0 Å². The molecule has 0 bridgehead atoms. The monoisotopic (exact) mass is 656 g/mol. The third-order valence-electron chi connectivity index (χ3n) is 11.7. The number of halogens is 3. The molecule has 0 amide bonds. The molecule has 2 saturated carbocycles. The van der Waals surface area contributed by atoms with E-state index in [1.165, 1.54) is 83.5 Å². The summed E-state index contributed by atoms with van der Waals surface area (Å²) in [5.41, 5.74) is 3.72. The molecule has 48 heavy (non-hydrogen) atoms. The maximum atomic E-state index is 15.5. The van der Waals surface area contributed by atoms with Gasteiger partial charge in [-0.2, -0.15) is 0 Å². The molecular formula is C45H59F3. The van der Waals surface area contributed by atoms with E-state index < -0.39 is 11.6 Å². The van der Waals surface area contributed by atoms with Crippen molar-refractivity contribution in [3.63, 3.8) is 0 Å². The number of hydrogen-bond acceptors (Lipinski definition) is 0. The summed E-state index contributed by atoms with van der Waals surface area (Å²) in [6.07, 6.45) is 27.4. The highest BCUT2D eigenvalue weighted by atomic mass is 19.2.